The Labute approximate surface area is 116 Å². The number of benzene rings is 1. The van der Waals surface area contributed by atoms with Gasteiger partial charge in [0.05, 0.1) is 13.2 Å². The standard InChI is InChI=1S/C13H16N4O3/c1-3-19-12-15-11(14)16-13(17-12)20-10-6-4-5-9(7-10)8-18-2/h4-7H,3,8H2,1-2H3,(H2,14,15,16,17). The van der Waals surface area contributed by atoms with Gasteiger partial charge in [0.1, 0.15) is 5.75 Å². The Morgan fingerprint density at radius 1 is 1.15 bits per heavy atom. The molecule has 1 aromatic carbocycles. The topological polar surface area (TPSA) is 92.4 Å². The van der Waals surface area contributed by atoms with E-state index in [0.29, 0.717) is 19.0 Å². The van der Waals surface area contributed by atoms with Gasteiger partial charge < -0.3 is 19.9 Å². The summed E-state index contributed by atoms with van der Waals surface area (Å²) < 4.78 is 15.8. The van der Waals surface area contributed by atoms with Crippen LogP contribution in [-0.4, -0.2) is 28.7 Å². The van der Waals surface area contributed by atoms with E-state index in [1.54, 1.807) is 13.2 Å². The van der Waals surface area contributed by atoms with Crippen LogP contribution in [0.15, 0.2) is 24.3 Å². The number of anilines is 1. The van der Waals surface area contributed by atoms with E-state index < -0.39 is 0 Å². The van der Waals surface area contributed by atoms with E-state index in [4.69, 9.17) is 19.9 Å². The number of rotatable bonds is 6. The molecule has 0 radical (unpaired) electrons. The lowest BCUT2D eigenvalue weighted by molar-refractivity contribution is 0.184. The molecule has 0 saturated heterocycles. The minimum atomic E-state index is 0.0477. The van der Waals surface area contributed by atoms with Crippen molar-refractivity contribution >= 4 is 5.95 Å². The molecule has 7 nitrogen and oxygen atoms in total. The minimum Gasteiger partial charge on any atom is -0.464 e. The number of hydrogen-bond donors (Lipinski definition) is 1. The lowest BCUT2D eigenvalue weighted by Crippen LogP contribution is -2.04. The number of hydrogen-bond acceptors (Lipinski definition) is 7. The van der Waals surface area contributed by atoms with Crippen molar-refractivity contribution in [3.63, 3.8) is 0 Å². The summed E-state index contributed by atoms with van der Waals surface area (Å²) in [6.45, 7) is 2.77. The Balaban J connectivity index is 2.18. The van der Waals surface area contributed by atoms with E-state index in [2.05, 4.69) is 15.0 Å². The molecule has 0 saturated carbocycles. The highest BCUT2D eigenvalue weighted by atomic mass is 16.5. The third kappa shape index (κ3) is 3.79. The monoisotopic (exact) mass is 276 g/mol. The Bertz CT molecular complexity index is 577. The van der Waals surface area contributed by atoms with Crippen molar-refractivity contribution in [2.75, 3.05) is 19.5 Å². The van der Waals surface area contributed by atoms with Gasteiger partial charge in [-0.25, -0.2) is 0 Å². The summed E-state index contributed by atoms with van der Waals surface area (Å²) in [6, 6.07) is 7.66. The first-order valence-corrected chi connectivity index (χ1v) is 6.11. The predicted octanol–water partition coefficient (Wildman–Crippen LogP) is 1.79. The molecule has 2 aromatic rings. The first-order chi connectivity index (χ1) is 9.71. The van der Waals surface area contributed by atoms with Gasteiger partial charge >= 0.3 is 12.0 Å². The molecule has 106 valence electrons. The van der Waals surface area contributed by atoms with Crippen LogP contribution in [0, 0.1) is 0 Å². The molecule has 2 N–H and O–H groups in total. The zero-order chi connectivity index (χ0) is 14.4. The molecule has 0 unspecified atom stereocenters. The predicted molar refractivity (Wildman–Crippen MR) is 72.6 cm³/mol. The van der Waals surface area contributed by atoms with Crippen LogP contribution in [-0.2, 0) is 11.3 Å². The van der Waals surface area contributed by atoms with Crippen molar-refractivity contribution in [3.05, 3.63) is 29.8 Å². The highest BCUT2D eigenvalue weighted by Crippen LogP contribution is 2.21. The number of nitrogen functional groups attached to an aromatic ring is 1. The molecule has 0 aliphatic carbocycles. The zero-order valence-corrected chi connectivity index (χ0v) is 11.4. The van der Waals surface area contributed by atoms with E-state index >= 15 is 0 Å². The maximum Gasteiger partial charge on any atom is 0.330 e. The van der Waals surface area contributed by atoms with Crippen molar-refractivity contribution in [2.24, 2.45) is 0 Å². The minimum absolute atomic E-state index is 0.0477. The van der Waals surface area contributed by atoms with Gasteiger partial charge in [-0.1, -0.05) is 12.1 Å². The smallest absolute Gasteiger partial charge is 0.330 e. The van der Waals surface area contributed by atoms with Gasteiger partial charge in [0.25, 0.3) is 0 Å². The largest absolute Gasteiger partial charge is 0.464 e. The lowest BCUT2D eigenvalue weighted by Gasteiger charge is -2.07. The van der Waals surface area contributed by atoms with Crippen LogP contribution in [0.1, 0.15) is 12.5 Å². The van der Waals surface area contributed by atoms with E-state index in [-0.39, 0.29) is 18.0 Å². The Kier molecular flexibility index (Phi) is 4.67. The molecule has 0 bridgehead atoms. The van der Waals surface area contributed by atoms with Gasteiger partial charge in [-0.2, -0.15) is 9.97 Å². The zero-order valence-electron chi connectivity index (χ0n) is 11.4. The summed E-state index contributed by atoms with van der Waals surface area (Å²) in [5.74, 6) is 0.638. The van der Waals surface area contributed by atoms with Gasteiger partial charge in [-0.15, -0.1) is 4.98 Å². The van der Waals surface area contributed by atoms with Crippen LogP contribution in [0.3, 0.4) is 0 Å². The molecule has 1 aromatic heterocycles. The fourth-order valence-corrected chi connectivity index (χ4v) is 1.56. The van der Waals surface area contributed by atoms with Gasteiger partial charge in [0.15, 0.2) is 0 Å². The molecular weight excluding hydrogens is 260 g/mol. The first kappa shape index (κ1) is 14.0. The molecule has 0 spiro atoms. The highest BCUT2D eigenvalue weighted by Gasteiger charge is 2.07. The fraction of sp³-hybridized carbons (Fsp3) is 0.308. The molecule has 0 aliphatic rings. The Morgan fingerprint density at radius 3 is 2.70 bits per heavy atom. The molecule has 0 aliphatic heterocycles. The Morgan fingerprint density at radius 2 is 1.95 bits per heavy atom. The van der Waals surface area contributed by atoms with E-state index in [1.165, 1.54) is 0 Å². The molecular formula is C13H16N4O3. The molecule has 0 atom stereocenters. The molecule has 20 heavy (non-hydrogen) atoms. The van der Waals surface area contributed by atoms with Gasteiger partial charge in [-0.05, 0) is 24.6 Å². The number of nitrogens with zero attached hydrogens (tertiary/aromatic N) is 3. The van der Waals surface area contributed by atoms with Crippen molar-refractivity contribution in [2.45, 2.75) is 13.5 Å². The molecule has 2 rings (SSSR count). The van der Waals surface area contributed by atoms with E-state index in [0.717, 1.165) is 5.56 Å². The lowest BCUT2D eigenvalue weighted by atomic mass is 10.2. The van der Waals surface area contributed by atoms with Crippen LogP contribution >= 0.6 is 0 Å². The van der Waals surface area contributed by atoms with Crippen LogP contribution in [0.2, 0.25) is 0 Å². The number of ether oxygens (including phenoxy) is 3. The summed E-state index contributed by atoms with van der Waals surface area (Å²) in [7, 11) is 1.63. The van der Waals surface area contributed by atoms with Crippen molar-refractivity contribution in [3.8, 4) is 17.8 Å². The highest BCUT2D eigenvalue weighted by molar-refractivity contribution is 5.31. The fourth-order valence-electron chi connectivity index (χ4n) is 1.56. The quantitative estimate of drug-likeness (QED) is 0.859. The summed E-state index contributed by atoms with van der Waals surface area (Å²) in [4.78, 5) is 11.8. The van der Waals surface area contributed by atoms with Crippen molar-refractivity contribution < 1.29 is 14.2 Å². The van der Waals surface area contributed by atoms with Crippen LogP contribution in [0.4, 0.5) is 5.95 Å². The average Bonchev–Trinajstić information content (AvgIpc) is 2.39. The van der Waals surface area contributed by atoms with Gasteiger partial charge in [0, 0.05) is 7.11 Å². The molecule has 1 heterocycles. The maximum absolute atomic E-state index is 5.58. The van der Waals surface area contributed by atoms with Gasteiger partial charge in [0.2, 0.25) is 5.95 Å². The first-order valence-electron chi connectivity index (χ1n) is 6.11. The van der Waals surface area contributed by atoms with Crippen LogP contribution < -0.4 is 15.2 Å². The average molecular weight is 276 g/mol. The molecule has 7 heteroatoms. The summed E-state index contributed by atoms with van der Waals surface area (Å²) in [6.07, 6.45) is 0. The third-order valence-electron chi connectivity index (χ3n) is 2.30. The summed E-state index contributed by atoms with van der Waals surface area (Å²) in [5.41, 5.74) is 6.56. The second-order valence-electron chi connectivity index (χ2n) is 3.87. The number of nitrogens with two attached hydrogens (primary N) is 1. The van der Waals surface area contributed by atoms with Crippen molar-refractivity contribution in [1.29, 1.82) is 0 Å². The number of methoxy groups -OCH3 is 1. The summed E-state index contributed by atoms with van der Waals surface area (Å²) >= 11 is 0. The maximum atomic E-state index is 5.58. The normalized spacial score (nSPS) is 10.3. The van der Waals surface area contributed by atoms with Crippen molar-refractivity contribution in [1.82, 2.24) is 15.0 Å². The van der Waals surface area contributed by atoms with Gasteiger partial charge in [-0.3, -0.25) is 0 Å². The summed E-state index contributed by atoms with van der Waals surface area (Å²) in [5, 5.41) is 0. The molecule has 0 fully saturated rings. The van der Waals surface area contributed by atoms with E-state index in [1.807, 2.05) is 25.1 Å². The SMILES string of the molecule is CCOc1nc(N)nc(Oc2cccc(COC)c2)n1. The Hall–Kier alpha value is -2.41. The second kappa shape index (κ2) is 6.67. The number of aromatic nitrogens is 3. The third-order valence-corrected chi connectivity index (χ3v) is 2.30. The second-order valence-corrected chi connectivity index (χ2v) is 3.87. The van der Waals surface area contributed by atoms with E-state index in [9.17, 15) is 0 Å². The molecule has 0 amide bonds. The van der Waals surface area contributed by atoms with Crippen LogP contribution in [0.25, 0.3) is 0 Å². The van der Waals surface area contributed by atoms with Crippen LogP contribution in [0.5, 0.6) is 17.8 Å².